The largest absolute Gasteiger partial charge is 0.465 e. The number of hydrogen-bond donors (Lipinski definition) is 0. The van der Waals surface area contributed by atoms with E-state index < -0.39 is 0 Å². The Bertz CT molecular complexity index is 667. The van der Waals surface area contributed by atoms with E-state index in [2.05, 4.69) is 38.1 Å². The van der Waals surface area contributed by atoms with Gasteiger partial charge < -0.3 is 18.9 Å². The van der Waals surface area contributed by atoms with Gasteiger partial charge in [-0.2, -0.15) is 0 Å². The molecular weight excluding hydrogens is 376 g/mol. The topological polar surface area (TPSA) is 36.9 Å². The first-order valence-electron chi connectivity index (χ1n) is 11.2. The molecule has 0 bridgehead atoms. The molecule has 2 aromatic rings. The van der Waals surface area contributed by atoms with Crippen molar-refractivity contribution in [1.29, 1.82) is 0 Å². The second-order valence-electron chi connectivity index (χ2n) is 8.55. The lowest BCUT2D eigenvalue weighted by molar-refractivity contribution is -0.0946. The normalized spacial score (nSPS) is 21.1. The Hall–Kier alpha value is -2.04. The molecule has 0 amide bonds. The Balaban J connectivity index is 1.28. The molecule has 0 heterocycles. The molecule has 1 fully saturated rings. The number of benzene rings is 2. The lowest BCUT2D eigenvalue weighted by atomic mass is 9.83. The summed E-state index contributed by atoms with van der Waals surface area (Å²) in [6.07, 6.45) is 4.26. The first-order valence-corrected chi connectivity index (χ1v) is 11.2. The number of ether oxygens (including phenoxy) is 4. The highest BCUT2D eigenvalue weighted by Gasteiger charge is 2.23. The quantitative estimate of drug-likeness (QED) is 0.430. The van der Waals surface area contributed by atoms with Crippen LogP contribution in [-0.2, 0) is 9.47 Å². The molecular formula is C26H36O4. The van der Waals surface area contributed by atoms with Gasteiger partial charge in [0.15, 0.2) is 12.6 Å². The molecule has 3 rings (SSSR count). The van der Waals surface area contributed by atoms with Crippen molar-refractivity contribution in [3.05, 3.63) is 59.7 Å². The lowest BCUT2D eigenvalue weighted by Gasteiger charge is -2.29. The Labute approximate surface area is 181 Å². The minimum Gasteiger partial charge on any atom is -0.465 e. The SMILES string of the molecule is Cc1ccc(OC(C)OCC2CCC(COC(C)Oc3ccc(C)cc3)CC2)cc1. The minimum atomic E-state index is -0.228. The molecule has 2 atom stereocenters. The van der Waals surface area contributed by atoms with Crippen molar-refractivity contribution in [1.82, 2.24) is 0 Å². The minimum absolute atomic E-state index is 0.228. The highest BCUT2D eigenvalue weighted by molar-refractivity contribution is 5.27. The third-order valence-corrected chi connectivity index (χ3v) is 5.75. The van der Waals surface area contributed by atoms with Gasteiger partial charge in [-0.1, -0.05) is 35.4 Å². The Morgan fingerprint density at radius 3 is 1.30 bits per heavy atom. The van der Waals surface area contributed by atoms with Crippen LogP contribution in [0.25, 0.3) is 0 Å². The van der Waals surface area contributed by atoms with Gasteiger partial charge in [-0.3, -0.25) is 0 Å². The molecule has 1 saturated carbocycles. The number of hydrogen-bond acceptors (Lipinski definition) is 4. The van der Waals surface area contributed by atoms with E-state index in [1.165, 1.54) is 36.8 Å². The zero-order valence-corrected chi connectivity index (χ0v) is 18.8. The van der Waals surface area contributed by atoms with Crippen LogP contribution in [0.1, 0.15) is 50.7 Å². The van der Waals surface area contributed by atoms with Crippen molar-refractivity contribution in [2.45, 2.75) is 66.0 Å². The average molecular weight is 413 g/mol. The van der Waals surface area contributed by atoms with E-state index in [1.54, 1.807) is 0 Å². The highest BCUT2D eigenvalue weighted by atomic mass is 16.7. The van der Waals surface area contributed by atoms with E-state index in [4.69, 9.17) is 18.9 Å². The van der Waals surface area contributed by atoms with Crippen LogP contribution in [0.2, 0.25) is 0 Å². The molecule has 0 aliphatic heterocycles. The molecule has 2 aromatic carbocycles. The van der Waals surface area contributed by atoms with Crippen LogP contribution >= 0.6 is 0 Å². The fourth-order valence-corrected chi connectivity index (χ4v) is 3.79. The van der Waals surface area contributed by atoms with Gasteiger partial charge in [-0.25, -0.2) is 0 Å². The Morgan fingerprint density at radius 2 is 0.967 bits per heavy atom. The average Bonchev–Trinajstić information content (AvgIpc) is 2.75. The zero-order chi connectivity index (χ0) is 21.3. The lowest BCUT2D eigenvalue weighted by Crippen LogP contribution is -2.27. The summed E-state index contributed by atoms with van der Waals surface area (Å²) in [7, 11) is 0. The smallest absolute Gasteiger partial charge is 0.196 e. The van der Waals surface area contributed by atoms with E-state index in [-0.39, 0.29) is 12.6 Å². The summed E-state index contributed by atoms with van der Waals surface area (Å²) in [5.74, 6) is 2.92. The second-order valence-corrected chi connectivity index (χ2v) is 8.55. The molecule has 30 heavy (non-hydrogen) atoms. The van der Waals surface area contributed by atoms with Crippen molar-refractivity contribution in [3.8, 4) is 11.5 Å². The molecule has 4 heteroatoms. The van der Waals surface area contributed by atoms with Crippen molar-refractivity contribution >= 4 is 0 Å². The molecule has 0 spiro atoms. The summed E-state index contributed by atoms with van der Waals surface area (Å²) in [5.41, 5.74) is 2.46. The van der Waals surface area contributed by atoms with Crippen molar-refractivity contribution in [2.75, 3.05) is 13.2 Å². The molecule has 0 radical (unpaired) electrons. The molecule has 2 unspecified atom stereocenters. The molecule has 164 valence electrons. The van der Waals surface area contributed by atoms with Gasteiger partial charge in [-0.05, 0) is 89.5 Å². The van der Waals surface area contributed by atoms with Gasteiger partial charge in [0.1, 0.15) is 11.5 Å². The van der Waals surface area contributed by atoms with Gasteiger partial charge in [0, 0.05) is 0 Å². The van der Waals surface area contributed by atoms with Crippen molar-refractivity contribution in [3.63, 3.8) is 0 Å². The van der Waals surface area contributed by atoms with Gasteiger partial charge in [0.25, 0.3) is 0 Å². The van der Waals surface area contributed by atoms with E-state index in [0.29, 0.717) is 11.8 Å². The zero-order valence-electron chi connectivity index (χ0n) is 18.8. The van der Waals surface area contributed by atoms with E-state index in [0.717, 1.165) is 24.7 Å². The first kappa shape index (κ1) is 22.6. The van der Waals surface area contributed by atoms with Crippen LogP contribution in [0.5, 0.6) is 11.5 Å². The maximum atomic E-state index is 5.95. The highest BCUT2D eigenvalue weighted by Crippen LogP contribution is 2.30. The summed E-state index contributed by atoms with van der Waals surface area (Å²) in [5, 5.41) is 0. The van der Waals surface area contributed by atoms with Crippen LogP contribution in [0.4, 0.5) is 0 Å². The van der Waals surface area contributed by atoms with Gasteiger partial charge in [0.05, 0.1) is 13.2 Å². The van der Waals surface area contributed by atoms with Crippen LogP contribution in [0, 0.1) is 25.7 Å². The van der Waals surface area contributed by atoms with Gasteiger partial charge in [-0.15, -0.1) is 0 Å². The van der Waals surface area contributed by atoms with Gasteiger partial charge in [0.2, 0.25) is 0 Å². The predicted octanol–water partition coefficient (Wildman–Crippen LogP) is 6.29. The molecule has 0 N–H and O–H groups in total. The van der Waals surface area contributed by atoms with Crippen LogP contribution in [-0.4, -0.2) is 25.8 Å². The third-order valence-electron chi connectivity index (χ3n) is 5.75. The number of aryl methyl sites for hydroxylation is 2. The monoisotopic (exact) mass is 412 g/mol. The van der Waals surface area contributed by atoms with Crippen LogP contribution in [0.3, 0.4) is 0 Å². The van der Waals surface area contributed by atoms with Crippen LogP contribution < -0.4 is 9.47 Å². The van der Waals surface area contributed by atoms with Crippen molar-refractivity contribution in [2.24, 2.45) is 11.8 Å². The second kappa shape index (κ2) is 11.4. The Morgan fingerprint density at radius 1 is 0.633 bits per heavy atom. The number of rotatable bonds is 10. The van der Waals surface area contributed by atoms with E-state index in [1.807, 2.05) is 38.1 Å². The fraction of sp³-hybridized carbons (Fsp3) is 0.538. The standard InChI is InChI=1S/C26H36O4/c1-19-5-13-25(14-6-19)29-21(3)27-17-23-9-11-24(12-10-23)18-28-22(4)30-26-15-7-20(2)8-16-26/h5-8,13-16,21-24H,9-12,17-18H2,1-4H3. The summed E-state index contributed by atoms with van der Waals surface area (Å²) in [4.78, 5) is 0. The molecule has 4 nitrogen and oxygen atoms in total. The summed E-state index contributed by atoms with van der Waals surface area (Å²) in [6.45, 7) is 9.59. The van der Waals surface area contributed by atoms with Gasteiger partial charge >= 0.3 is 0 Å². The Kier molecular flexibility index (Phi) is 8.59. The van der Waals surface area contributed by atoms with E-state index in [9.17, 15) is 0 Å². The predicted molar refractivity (Wildman–Crippen MR) is 120 cm³/mol. The fourth-order valence-electron chi connectivity index (χ4n) is 3.79. The maximum absolute atomic E-state index is 5.95. The first-order chi connectivity index (χ1) is 14.5. The molecule has 0 saturated heterocycles. The molecule has 0 aromatic heterocycles. The summed E-state index contributed by atoms with van der Waals surface area (Å²) < 4.78 is 23.6. The molecule has 1 aliphatic rings. The third kappa shape index (κ3) is 7.66. The van der Waals surface area contributed by atoms with Crippen LogP contribution in [0.15, 0.2) is 48.5 Å². The van der Waals surface area contributed by atoms with Crippen molar-refractivity contribution < 1.29 is 18.9 Å². The molecule has 1 aliphatic carbocycles. The summed E-state index contributed by atoms with van der Waals surface area (Å²) in [6, 6.07) is 16.2. The maximum Gasteiger partial charge on any atom is 0.196 e. The summed E-state index contributed by atoms with van der Waals surface area (Å²) >= 11 is 0. The van der Waals surface area contributed by atoms with E-state index >= 15 is 0 Å².